The Kier molecular flexibility index (Phi) is 13.0. The van der Waals surface area contributed by atoms with Crippen LogP contribution in [0, 0.1) is 0 Å². The summed E-state index contributed by atoms with van der Waals surface area (Å²) in [4.78, 5) is 0. The van der Waals surface area contributed by atoms with E-state index in [-0.39, 0.29) is 6.29 Å². The van der Waals surface area contributed by atoms with Gasteiger partial charge in [0.25, 0.3) is 0 Å². The molecule has 0 N–H and O–H groups in total. The van der Waals surface area contributed by atoms with Crippen LogP contribution in [-0.4, -0.2) is 19.5 Å². The predicted octanol–water partition coefficient (Wildman–Crippen LogP) is 4.47. The third-order valence-corrected chi connectivity index (χ3v) is 2.38. The Bertz CT molecular complexity index is 191. The van der Waals surface area contributed by atoms with Crippen LogP contribution in [0.25, 0.3) is 0 Å². The van der Waals surface area contributed by atoms with E-state index in [1.165, 1.54) is 6.42 Å². The van der Waals surface area contributed by atoms with E-state index < -0.39 is 0 Å². The molecule has 0 aromatic heterocycles. The summed E-state index contributed by atoms with van der Waals surface area (Å²) >= 11 is 0. The van der Waals surface area contributed by atoms with Gasteiger partial charge in [-0.15, -0.1) is 0 Å². The molecule has 0 aliphatic rings. The Balaban J connectivity index is 3.47. The van der Waals surface area contributed by atoms with Crippen LogP contribution < -0.4 is 0 Å². The lowest BCUT2D eigenvalue weighted by Crippen LogP contribution is -2.17. The summed E-state index contributed by atoms with van der Waals surface area (Å²) in [5.74, 6) is 0. The fourth-order valence-electron chi connectivity index (χ4n) is 1.55. The van der Waals surface area contributed by atoms with Crippen molar-refractivity contribution in [1.82, 2.24) is 0 Å². The SMILES string of the molecule is CCC=CC=CCCCCC(OCC)OCC. The molecule has 0 spiro atoms. The molecule has 2 heteroatoms. The van der Waals surface area contributed by atoms with Crippen LogP contribution in [-0.2, 0) is 9.47 Å². The molecule has 0 saturated carbocycles. The molecule has 100 valence electrons. The number of unbranched alkanes of at least 4 members (excludes halogenated alkanes) is 2. The van der Waals surface area contributed by atoms with Gasteiger partial charge in [-0.05, 0) is 46.0 Å². The Morgan fingerprint density at radius 1 is 0.882 bits per heavy atom. The first-order chi connectivity index (χ1) is 8.35. The molecule has 0 aromatic carbocycles. The number of hydrogen-bond donors (Lipinski definition) is 0. The summed E-state index contributed by atoms with van der Waals surface area (Å²) in [5.41, 5.74) is 0. The standard InChI is InChI=1S/C15H28O2/c1-4-7-8-9-10-11-12-13-14-15(16-5-2)17-6-3/h7-10,15H,4-6,11-14H2,1-3H3. The van der Waals surface area contributed by atoms with Crippen molar-refractivity contribution in [3.63, 3.8) is 0 Å². The van der Waals surface area contributed by atoms with E-state index in [4.69, 9.17) is 9.47 Å². The Morgan fingerprint density at radius 2 is 1.53 bits per heavy atom. The molecule has 0 radical (unpaired) electrons. The molecule has 2 nitrogen and oxygen atoms in total. The van der Waals surface area contributed by atoms with Crippen molar-refractivity contribution in [2.75, 3.05) is 13.2 Å². The minimum absolute atomic E-state index is 0.00559. The second-order valence-corrected chi connectivity index (χ2v) is 3.89. The highest BCUT2D eigenvalue weighted by molar-refractivity contribution is 5.01. The monoisotopic (exact) mass is 240 g/mol. The van der Waals surface area contributed by atoms with Gasteiger partial charge in [-0.25, -0.2) is 0 Å². The fraction of sp³-hybridized carbons (Fsp3) is 0.733. The summed E-state index contributed by atoms with van der Waals surface area (Å²) in [6.45, 7) is 7.62. The maximum Gasteiger partial charge on any atom is 0.157 e. The van der Waals surface area contributed by atoms with Crippen molar-refractivity contribution in [2.24, 2.45) is 0 Å². The van der Waals surface area contributed by atoms with Crippen molar-refractivity contribution in [3.8, 4) is 0 Å². The molecule has 0 atom stereocenters. The zero-order chi connectivity index (χ0) is 12.8. The van der Waals surface area contributed by atoms with Crippen LogP contribution in [0.1, 0.15) is 52.9 Å². The average Bonchev–Trinajstić information content (AvgIpc) is 2.33. The van der Waals surface area contributed by atoms with Gasteiger partial charge in [-0.3, -0.25) is 0 Å². The number of ether oxygens (including phenoxy) is 2. The highest BCUT2D eigenvalue weighted by Gasteiger charge is 2.06. The number of allylic oxidation sites excluding steroid dienone is 4. The van der Waals surface area contributed by atoms with Gasteiger partial charge in [0.15, 0.2) is 6.29 Å². The van der Waals surface area contributed by atoms with Crippen molar-refractivity contribution >= 4 is 0 Å². The maximum absolute atomic E-state index is 5.49. The van der Waals surface area contributed by atoms with Crippen LogP contribution in [0.15, 0.2) is 24.3 Å². The van der Waals surface area contributed by atoms with Gasteiger partial charge >= 0.3 is 0 Å². The summed E-state index contributed by atoms with van der Waals surface area (Å²) in [6.07, 6.45) is 14.2. The van der Waals surface area contributed by atoms with E-state index in [0.717, 1.165) is 38.9 Å². The van der Waals surface area contributed by atoms with Crippen molar-refractivity contribution < 1.29 is 9.47 Å². The van der Waals surface area contributed by atoms with Crippen molar-refractivity contribution in [3.05, 3.63) is 24.3 Å². The first-order valence-corrected chi connectivity index (χ1v) is 6.89. The molecule has 0 fully saturated rings. The van der Waals surface area contributed by atoms with Gasteiger partial charge < -0.3 is 9.47 Å². The molecule has 0 unspecified atom stereocenters. The Morgan fingerprint density at radius 3 is 2.12 bits per heavy atom. The van der Waals surface area contributed by atoms with E-state index in [2.05, 4.69) is 31.2 Å². The first-order valence-electron chi connectivity index (χ1n) is 6.89. The van der Waals surface area contributed by atoms with Gasteiger partial charge in [-0.1, -0.05) is 31.2 Å². The molecule has 0 aromatic rings. The van der Waals surface area contributed by atoms with Gasteiger partial charge in [-0.2, -0.15) is 0 Å². The highest BCUT2D eigenvalue weighted by Crippen LogP contribution is 2.08. The predicted molar refractivity (Wildman–Crippen MR) is 74.1 cm³/mol. The molecule has 0 heterocycles. The largest absolute Gasteiger partial charge is 0.353 e. The molecule has 0 aliphatic heterocycles. The quantitative estimate of drug-likeness (QED) is 0.301. The molecule has 0 bridgehead atoms. The lowest BCUT2D eigenvalue weighted by atomic mass is 10.2. The second-order valence-electron chi connectivity index (χ2n) is 3.89. The average molecular weight is 240 g/mol. The van der Waals surface area contributed by atoms with E-state index in [0.29, 0.717) is 0 Å². The minimum atomic E-state index is -0.00559. The maximum atomic E-state index is 5.49. The van der Waals surface area contributed by atoms with E-state index >= 15 is 0 Å². The molecule has 17 heavy (non-hydrogen) atoms. The third-order valence-electron chi connectivity index (χ3n) is 2.38. The lowest BCUT2D eigenvalue weighted by Gasteiger charge is -2.16. The Hall–Kier alpha value is -0.600. The van der Waals surface area contributed by atoms with Crippen LogP contribution in [0.2, 0.25) is 0 Å². The summed E-state index contributed by atoms with van der Waals surface area (Å²) in [7, 11) is 0. The summed E-state index contributed by atoms with van der Waals surface area (Å²) in [5, 5.41) is 0. The molecular formula is C15H28O2. The van der Waals surface area contributed by atoms with Gasteiger partial charge in [0.05, 0.1) is 0 Å². The number of rotatable bonds is 11. The van der Waals surface area contributed by atoms with E-state index in [9.17, 15) is 0 Å². The molecule has 0 rings (SSSR count). The summed E-state index contributed by atoms with van der Waals surface area (Å²) < 4.78 is 11.0. The van der Waals surface area contributed by atoms with Crippen LogP contribution in [0.4, 0.5) is 0 Å². The van der Waals surface area contributed by atoms with Crippen LogP contribution >= 0.6 is 0 Å². The second kappa shape index (κ2) is 13.5. The summed E-state index contributed by atoms with van der Waals surface area (Å²) in [6, 6.07) is 0. The normalized spacial score (nSPS) is 12.2. The van der Waals surface area contributed by atoms with Crippen LogP contribution in [0.5, 0.6) is 0 Å². The molecule has 0 amide bonds. The topological polar surface area (TPSA) is 18.5 Å². The number of hydrogen-bond acceptors (Lipinski definition) is 2. The smallest absolute Gasteiger partial charge is 0.157 e. The van der Waals surface area contributed by atoms with Gasteiger partial charge in [0.2, 0.25) is 0 Å². The Labute approximate surface area is 107 Å². The fourth-order valence-corrected chi connectivity index (χ4v) is 1.55. The van der Waals surface area contributed by atoms with E-state index in [1.807, 2.05) is 13.8 Å². The first kappa shape index (κ1) is 16.4. The third kappa shape index (κ3) is 11.7. The zero-order valence-electron chi connectivity index (χ0n) is 11.7. The molecule has 0 aliphatic carbocycles. The van der Waals surface area contributed by atoms with Crippen molar-refractivity contribution in [2.45, 2.75) is 59.2 Å². The van der Waals surface area contributed by atoms with E-state index in [1.54, 1.807) is 0 Å². The van der Waals surface area contributed by atoms with Crippen LogP contribution in [0.3, 0.4) is 0 Å². The molecule has 0 saturated heterocycles. The van der Waals surface area contributed by atoms with Gasteiger partial charge in [0, 0.05) is 13.2 Å². The zero-order valence-corrected chi connectivity index (χ0v) is 11.7. The minimum Gasteiger partial charge on any atom is -0.353 e. The lowest BCUT2D eigenvalue weighted by molar-refractivity contribution is -0.140. The highest BCUT2D eigenvalue weighted by atomic mass is 16.7. The van der Waals surface area contributed by atoms with Gasteiger partial charge in [0.1, 0.15) is 0 Å². The molecular weight excluding hydrogens is 212 g/mol. The van der Waals surface area contributed by atoms with Crippen molar-refractivity contribution in [1.29, 1.82) is 0 Å².